The highest BCUT2D eigenvalue weighted by atomic mass is 32.1. The highest BCUT2D eigenvalue weighted by molar-refractivity contribution is 7.12. The van der Waals surface area contributed by atoms with Gasteiger partial charge in [0.1, 0.15) is 12.1 Å². The molecule has 0 fully saturated rings. The highest BCUT2D eigenvalue weighted by Gasteiger charge is 2.20. The Bertz CT molecular complexity index is 1230. The van der Waals surface area contributed by atoms with Crippen molar-refractivity contribution in [1.82, 2.24) is 14.5 Å². The van der Waals surface area contributed by atoms with E-state index in [0.29, 0.717) is 22.8 Å². The van der Waals surface area contributed by atoms with Gasteiger partial charge in [-0.3, -0.25) is 9.36 Å². The molecule has 8 heteroatoms. The molecule has 1 N–H and O–H groups in total. The van der Waals surface area contributed by atoms with Crippen LogP contribution < -0.4 is 5.32 Å². The third-order valence-electron chi connectivity index (χ3n) is 4.54. The van der Waals surface area contributed by atoms with Gasteiger partial charge in [0.05, 0.1) is 29.2 Å². The number of carbonyl (C=O) groups excluding carboxylic acids is 1. The van der Waals surface area contributed by atoms with Gasteiger partial charge in [0, 0.05) is 17.8 Å². The van der Waals surface area contributed by atoms with E-state index in [-0.39, 0.29) is 18.1 Å². The SMILES string of the molecule is O=C1CC(c2csc(-n3ccnc3)n2)=Nc2ccc(-c3ccc(F)cc3)cc2N1. The fourth-order valence-corrected chi connectivity index (χ4v) is 3.91. The number of thiazole rings is 1. The van der Waals surface area contributed by atoms with Crippen LogP contribution in [0, 0.1) is 5.82 Å². The first kappa shape index (κ1) is 17.4. The maximum Gasteiger partial charge on any atom is 0.230 e. The molecular weight excluding hydrogens is 389 g/mol. The van der Waals surface area contributed by atoms with Gasteiger partial charge in [-0.15, -0.1) is 11.3 Å². The van der Waals surface area contributed by atoms with E-state index in [1.54, 1.807) is 24.7 Å². The average Bonchev–Trinajstić information content (AvgIpc) is 3.38. The van der Waals surface area contributed by atoms with Crippen LogP contribution in [0.15, 0.2) is 71.6 Å². The zero-order chi connectivity index (χ0) is 19.8. The minimum atomic E-state index is -0.288. The van der Waals surface area contributed by atoms with E-state index in [1.807, 2.05) is 34.3 Å². The van der Waals surface area contributed by atoms with Gasteiger partial charge in [-0.25, -0.2) is 19.4 Å². The summed E-state index contributed by atoms with van der Waals surface area (Å²) in [4.78, 5) is 25.8. The van der Waals surface area contributed by atoms with Crippen molar-refractivity contribution in [1.29, 1.82) is 0 Å². The van der Waals surface area contributed by atoms with Crippen molar-refractivity contribution in [2.45, 2.75) is 6.42 Å². The number of anilines is 1. The number of aliphatic imine (C=N–C) groups is 1. The molecular formula is C21H14FN5OS. The van der Waals surface area contributed by atoms with Gasteiger partial charge in [-0.05, 0) is 35.4 Å². The number of nitrogens with one attached hydrogen (secondary N) is 1. The van der Waals surface area contributed by atoms with Crippen LogP contribution in [-0.4, -0.2) is 26.2 Å². The molecule has 1 aliphatic heterocycles. The molecule has 0 saturated carbocycles. The molecule has 0 unspecified atom stereocenters. The zero-order valence-corrected chi connectivity index (χ0v) is 15.9. The second kappa shape index (κ2) is 7.06. The minimum Gasteiger partial charge on any atom is -0.324 e. The largest absolute Gasteiger partial charge is 0.324 e. The third kappa shape index (κ3) is 3.45. The van der Waals surface area contributed by atoms with Crippen LogP contribution in [0.4, 0.5) is 15.8 Å². The highest BCUT2D eigenvalue weighted by Crippen LogP contribution is 2.34. The molecule has 0 radical (unpaired) electrons. The molecule has 1 aliphatic rings. The maximum atomic E-state index is 13.2. The number of hydrogen-bond acceptors (Lipinski definition) is 5. The quantitative estimate of drug-likeness (QED) is 0.543. The summed E-state index contributed by atoms with van der Waals surface area (Å²) in [6.07, 6.45) is 5.31. The number of carbonyl (C=O) groups is 1. The van der Waals surface area contributed by atoms with Crippen LogP contribution >= 0.6 is 11.3 Å². The van der Waals surface area contributed by atoms with E-state index in [9.17, 15) is 9.18 Å². The molecule has 29 heavy (non-hydrogen) atoms. The van der Waals surface area contributed by atoms with Crippen molar-refractivity contribution in [2.75, 3.05) is 5.32 Å². The van der Waals surface area contributed by atoms with Crippen LogP contribution in [0.25, 0.3) is 16.3 Å². The molecule has 5 rings (SSSR count). The Morgan fingerprint density at radius 1 is 1.10 bits per heavy atom. The summed E-state index contributed by atoms with van der Waals surface area (Å²) in [5.74, 6) is -0.444. The van der Waals surface area contributed by atoms with Crippen LogP contribution in [0.1, 0.15) is 12.1 Å². The Hall–Kier alpha value is -3.65. The summed E-state index contributed by atoms with van der Waals surface area (Å²) in [7, 11) is 0. The van der Waals surface area contributed by atoms with E-state index >= 15 is 0 Å². The summed E-state index contributed by atoms with van der Waals surface area (Å²) in [6.45, 7) is 0. The molecule has 0 aliphatic carbocycles. The molecule has 4 aromatic rings. The average molecular weight is 403 g/mol. The number of hydrogen-bond donors (Lipinski definition) is 1. The first-order valence-corrected chi connectivity index (χ1v) is 9.75. The smallest absolute Gasteiger partial charge is 0.230 e. The molecule has 2 aromatic carbocycles. The Morgan fingerprint density at radius 2 is 1.93 bits per heavy atom. The fourth-order valence-electron chi connectivity index (χ4n) is 3.12. The standard InChI is InChI=1S/C21H14FN5OS/c22-15-4-1-13(2-5-15)14-3-6-16-17(9-14)25-20(28)10-18(24-16)19-11-29-21(26-19)27-8-7-23-12-27/h1-9,11-12H,10H2,(H,25,28). The van der Waals surface area contributed by atoms with Gasteiger partial charge < -0.3 is 5.32 Å². The first-order chi connectivity index (χ1) is 14.2. The number of rotatable bonds is 3. The van der Waals surface area contributed by atoms with E-state index < -0.39 is 0 Å². The lowest BCUT2D eigenvalue weighted by Crippen LogP contribution is -2.15. The van der Waals surface area contributed by atoms with Crippen molar-refractivity contribution in [3.05, 3.63) is 78.1 Å². The summed E-state index contributed by atoms with van der Waals surface area (Å²) < 4.78 is 15.0. The monoisotopic (exact) mass is 403 g/mol. The lowest BCUT2D eigenvalue weighted by atomic mass is 10.0. The predicted octanol–water partition coefficient (Wildman–Crippen LogP) is 4.60. The minimum absolute atomic E-state index is 0.133. The van der Waals surface area contributed by atoms with Crippen LogP contribution in [0.2, 0.25) is 0 Å². The van der Waals surface area contributed by atoms with Crippen LogP contribution in [0.5, 0.6) is 0 Å². The normalized spacial score (nSPS) is 13.4. The summed E-state index contributed by atoms with van der Waals surface area (Å²) in [5, 5.41) is 5.56. The van der Waals surface area contributed by atoms with E-state index in [1.165, 1.54) is 23.5 Å². The summed E-state index contributed by atoms with van der Waals surface area (Å²) >= 11 is 1.46. The number of halogens is 1. The van der Waals surface area contributed by atoms with Crippen LogP contribution in [-0.2, 0) is 4.79 Å². The maximum absolute atomic E-state index is 13.2. The summed E-state index contributed by atoms with van der Waals surface area (Å²) in [6, 6.07) is 11.8. The first-order valence-electron chi connectivity index (χ1n) is 8.87. The number of fused-ring (bicyclic) bond motifs is 1. The van der Waals surface area contributed by atoms with Crippen molar-refractivity contribution in [3.8, 4) is 16.3 Å². The Morgan fingerprint density at radius 3 is 2.72 bits per heavy atom. The van der Waals surface area contributed by atoms with E-state index in [0.717, 1.165) is 16.3 Å². The van der Waals surface area contributed by atoms with Crippen LogP contribution in [0.3, 0.4) is 0 Å². The lowest BCUT2D eigenvalue weighted by molar-refractivity contribution is -0.115. The van der Waals surface area contributed by atoms with E-state index in [2.05, 4.69) is 15.3 Å². The Kier molecular flexibility index (Phi) is 4.25. The Labute approximate surface area is 169 Å². The molecule has 0 bridgehead atoms. The van der Waals surface area contributed by atoms with Crippen molar-refractivity contribution < 1.29 is 9.18 Å². The fraction of sp³-hybridized carbons (Fsp3) is 0.0476. The zero-order valence-electron chi connectivity index (χ0n) is 15.0. The van der Waals surface area contributed by atoms with Crippen molar-refractivity contribution >= 4 is 34.3 Å². The third-order valence-corrected chi connectivity index (χ3v) is 5.40. The van der Waals surface area contributed by atoms with Crippen molar-refractivity contribution in [2.24, 2.45) is 4.99 Å². The van der Waals surface area contributed by atoms with Gasteiger partial charge in [-0.2, -0.15) is 0 Å². The van der Waals surface area contributed by atoms with Gasteiger partial charge >= 0.3 is 0 Å². The molecule has 142 valence electrons. The molecule has 0 spiro atoms. The number of benzene rings is 2. The number of amides is 1. The van der Waals surface area contributed by atoms with Crippen molar-refractivity contribution in [3.63, 3.8) is 0 Å². The molecule has 0 saturated heterocycles. The molecule has 6 nitrogen and oxygen atoms in total. The summed E-state index contributed by atoms with van der Waals surface area (Å²) in [5.41, 5.74) is 4.30. The lowest BCUT2D eigenvalue weighted by Gasteiger charge is -2.08. The van der Waals surface area contributed by atoms with Gasteiger partial charge in [0.2, 0.25) is 5.91 Å². The predicted molar refractivity (Wildman–Crippen MR) is 111 cm³/mol. The molecule has 3 heterocycles. The molecule has 1 amide bonds. The Balaban J connectivity index is 1.52. The van der Waals surface area contributed by atoms with Gasteiger partial charge in [-0.1, -0.05) is 18.2 Å². The molecule has 2 aromatic heterocycles. The van der Waals surface area contributed by atoms with Gasteiger partial charge in [0.15, 0.2) is 5.13 Å². The second-order valence-corrected chi connectivity index (χ2v) is 7.34. The number of imidazole rings is 1. The van der Waals surface area contributed by atoms with Gasteiger partial charge in [0.25, 0.3) is 0 Å². The topological polar surface area (TPSA) is 72.2 Å². The number of nitrogens with zero attached hydrogens (tertiary/aromatic N) is 4. The number of aromatic nitrogens is 3. The molecule has 0 atom stereocenters. The van der Waals surface area contributed by atoms with E-state index in [4.69, 9.17) is 4.99 Å². The second-order valence-electron chi connectivity index (χ2n) is 6.51.